The number of carbonyl (C=O) groups is 1. The molecule has 0 spiro atoms. The van der Waals surface area contributed by atoms with Gasteiger partial charge in [0.05, 0.1) is 12.3 Å². The van der Waals surface area contributed by atoms with Crippen molar-refractivity contribution in [1.29, 1.82) is 0 Å². The van der Waals surface area contributed by atoms with Crippen LogP contribution in [0.2, 0.25) is 0 Å². The minimum Gasteiger partial charge on any atom is -0.492 e. The van der Waals surface area contributed by atoms with Crippen molar-refractivity contribution in [3.63, 3.8) is 0 Å². The minimum atomic E-state index is 0.0484. The molecule has 134 valence electrons. The zero-order valence-corrected chi connectivity index (χ0v) is 15.3. The van der Waals surface area contributed by atoms with Crippen LogP contribution in [0.15, 0.2) is 42.6 Å². The van der Waals surface area contributed by atoms with Crippen LogP contribution < -0.4 is 10.1 Å². The van der Waals surface area contributed by atoms with Crippen LogP contribution in [-0.4, -0.2) is 35.5 Å². The first kappa shape index (κ1) is 18.8. The Balaban J connectivity index is 2.20. The van der Waals surface area contributed by atoms with Crippen LogP contribution in [0.4, 0.5) is 11.5 Å². The normalized spacial score (nSPS) is 10.4. The van der Waals surface area contributed by atoms with E-state index in [0.717, 1.165) is 37.4 Å². The van der Waals surface area contributed by atoms with Crippen molar-refractivity contribution >= 4 is 17.4 Å². The predicted octanol–water partition coefficient (Wildman–Crippen LogP) is 4.49. The SMILES string of the molecule is CCCN(CCC)C(=O)c1ccnc(Nc2ccccc2OCC)c1. The van der Waals surface area contributed by atoms with Gasteiger partial charge in [-0.25, -0.2) is 4.98 Å². The number of nitrogens with zero attached hydrogens (tertiary/aromatic N) is 2. The standard InChI is InChI=1S/C20H27N3O2/c1-4-13-23(14-5-2)20(24)16-11-12-21-19(15-16)22-17-9-7-8-10-18(17)25-6-3/h7-12,15H,4-6,13-14H2,1-3H3,(H,21,22). The van der Waals surface area contributed by atoms with Gasteiger partial charge in [0.2, 0.25) is 0 Å². The maximum absolute atomic E-state index is 12.7. The van der Waals surface area contributed by atoms with E-state index < -0.39 is 0 Å². The largest absolute Gasteiger partial charge is 0.492 e. The Morgan fingerprint density at radius 1 is 1.12 bits per heavy atom. The number of amides is 1. The molecule has 5 nitrogen and oxygen atoms in total. The van der Waals surface area contributed by atoms with Crippen LogP contribution in [0.25, 0.3) is 0 Å². The van der Waals surface area contributed by atoms with Crippen LogP contribution in [0, 0.1) is 0 Å². The maximum Gasteiger partial charge on any atom is 0.254 e. The zero-order valence-electron chi connectivity index (χ0n) is 15.3. The molecule has 1 amide bonds. The van der Waals surface area contributed by atoms with E-state index >= 15 is 0 Å². The van der Waals surface area contributed by atoms with Gasteiger partial charge >= 0.3 is 0 Å². The minimum absolute atomic E-state index is 0.0484. The summed E-state index contributed by atoms with van der Waals surface area (Å²) < 4.78 is 5.62. The van der Waals surface area contributed by atoms with Gasteiger partial charge in [-0.1, -0.05) is 26.0 Å². The monoisotopic (exact) mass is 341 g/mol. The van der Waals surface area contributed by atoms with Gasteiger partial charge in [-0.3, -0.25) is 4.79 Å². The molecule has 0 atom stereocenters. The number of benzene rings is 1. The lowest BCUT2D eigenvalue weighted by molar-refractivity contribution is 0.0755. The first-order valence-corrected chi connectivity index (χ1v) is 8.93. The van der Waals surface area contributed by atoms with E-state index in [9.17, 15) is 4.79 Å². The summed E-state index contributed by atoms with van der Waals surface area (Å²) in [5, 5.41) is 3.25. The molecule has 0 saturated heterocycles. The summed E-state index contributed by atoms with van der Waals surface area (Å²) in [6.07, 6.45) is 3.56. The fourth-order valence-electron chi connectivity index (χ4n) is 2.66. The Kier molecular flexibility index (Phi) is 7.26. The number of anilines is 2. The number of hydrogen-bond acceptors (Lipinski definition) is 4. The van der Waals surface area contributed by atoms with Crippen molar-refractivity contribution in [2.75, 3.05) is 25.0 Å². The first-order chi connectivity index (χ1) is 12.2. The van der Waals surface area contributed by atoms with Gasteiger partial charge in [0.25, 0.3) is 5.91 Å². The van der Waals surface area contributed by atoms with Crippen LogP contribution >= 0.6 is 0 Å². The number of hydrogen-bond donors (Lipinski definition) is 1. The lowest BCUT2D eigenvalue weighted by Gasteiger charge is -2.21. The highest BCUT2D eigenvalue weighted by atomic mass is 16.5. The molecule has 5 heteroatoms. The molecule has 0 unspecified atom stereocenters. The molecule has 0 fully saturated rings. The molecule has 0 aliphatic carbocycles. The van der Waals surface area contributed by atoms with Crippen LogP contribution in [0.3, 0.4) is 0 Å². The Hall–Kier alpha value is -2.56. The summed E-state index contributed by atoms with van der Waals surface area (Å²) >= 11 is 0. The van der Waals surface area contributed by atoms with Gasteiger partial charge in [0.1, 0.15) is 11.6 Å². The van der Waals surface area contributed by atoms with E-state index in [4.69, 9.17) is 4.74 Å². The average molecular weight is 341 g/mol. The zero-order chi connectivity index (χ0) is 18.1. The number of aromatic nitrogens is 1. The molecule has 0 aliphatic rings. The topological polar surface area (TPSA) is 54.5 Å². The number of nitrogens with one attached hydrogen (secondary N) is 1. The van der Waals surface area contributed by atoms with Crippen molar-refractivity contribution in [1.82, 2.24) is 9.88 Å². The van der Waals surface area contributed by atoms with Gasteiger partial charge in [-0.15, -0.1) is 0 Å². The van der Waals surface area contributed by atoms with E-state index in [2.05, 4.69) is 24.1 Å². The molecule has 0 saturated carbocycles. The fourth-order valence-corrected chi connectivity index (χ4v) is 2.66. The highest BCUT2D eigenvalue weighted by Crippen LogP contribution is 2.27. The van der Waals surface area contributed by atoms with Crippen LogP contribution in [0.1, 0.15) is 44.0 Å². The average Bonchev–Trinajstić information content (AvgIpc) is 2.63. The van der Waals surface area contributed by atoms with Gasteiger partial charge in [-0.05, 0) is 44.0 Å². The molecule has 0 radical (unpaired) electrons. The smallest absolute Gasteiger partial charge is 0.254 e. The quantitative estimate of drug-likeness (QED) is 0.730. The van der Waals surface area contributed by atoms with E-state index in [0.29, 0.717) is 18.0 Å². The highest BCUT2D eigenvalue weighted by Gasteiger charge is 2.15. The summed E-state index contributed by atoms with van der Waals surface area (Å²) in [7, 11) is 0. The third-order valence-corrected chi connectivity index (χ3v) is 3.73. The molecule has 0 aliphatic heterocycles. The number of para-hydroxylation sites is 2. The van der Waals surface area contributed by atoms with E-state index in [1.54, 1.807) is 18.3 Å². The summed E-state index contributed by atoms with van der Waals surface area (Å²) in [5.74, 6) is 1.44. The molecule has 1 N–H and O–H groups in total. The van der Waals surface area contributed by atoms with Crippen molar-refractivity contribution in [3.8, 4) is 5.75 Å². The number of carbonyl (C=O) groups excluding carboxylic acids is 1. The first-order valence-electron chi connectivity index (χ1n) is 8.93. The Labute approximate surface area is 150 Å². The van der Waals surface area contributed by atoms with Crippen LogP contribution in [0.5, 0.6) is 5.75 Å². The van der Waals surface area contributed by atoms with Crippen molar-refractivity contribution in [2.45, 2.75) is 33.6 Å². The Morgan fingerprint density at radius 3 is 2.52 bits per heavy atom. The van der Waals surface area contributed by atoms with Gasteiger partial charge in [0.15, 0.2) is 0 Å². The Bertz CT molecular complexity index is 682. The summed E-state index contributed by atoms with van der Waals surface area (Å²) in [5.41, 5.74) is 1.48. The van der Waals surface area contributed by atoms with E-state index in [1.165, 1.54) is 0 Å². The van der Waals surface area contributed by atoms with E-state index in [-0.39, 0.29) is 5.91 Å². The maximum atomic E-state index is 12.7. The third kappa shape index (κ3) is 5.21. The summed E-state index contributed by atoms with van der Waals surface area (Å²) in [6, 6.07) is 11.3. The second-order valence-corrected chi connectivity index (χ2v) is 5.78. The van der Waals surface area contributed by atoms with Crippen molar-refractivity contribution < 1.29 is 9.53 Å². The van der Waals surface area contributed by atoms with Crippen LogP contribution in [-0.2, 0) is 0 Å². The van der Waals surface area contributed by atoms with Gasteiger partial charge in [-0.2, -0.15) is 0 Å². The molecular weight excluding hydrogens is 314 g/mol. The van der Waals surface area contributed by atoms with Crippen molar-refractivity contribution in [2.24, 2.45) is 0 Å². The van der Waals surface area contributed by atoms with E-state index in [1.807, 2.05) is 36.1 Å². The number of rotatable bonds is 9. The molecule has 1 heterocycles. The summed E-state index contributed by atoms with van der Waals surface area (Å²) in [6.45, 7) is 8.24. The molecular formula is C20H27N3O2. The highest BCUT2D eigenvalue weighted by molar-refractivity contribution is 5.95. The second-order valence-electron chi connectivity index (χ2n) is 5.78. The molecule has 0 bridgehead atoms. The molecule has 2 aromatic rings. The lowest BCUT2D eigenvalue weighted by atomic mass is 10.2. The molecule has 2 rings (SSSR count). The molecule has 1 aromatic heterocycles. The number of ether oxygens (including phenoxy) is 1. The molecule has 1 aromatic carbocycles. The second kappa shape index (κ2) is 9.67. The summed E-state index contributed by atoms with van der Waals surface area (Å²) in [4.78, 5) is 19.0. The lowest BCUT2D eigenvalue weighted by Crippen LogP contribution is -2.32. The molecule has 25 heavy (non-hydrogen) atoms. The van der Waals surface area contributed by atoms with Gasteiger partial charge in [0, 0.05) is 24.8 Å². The van der Waals surface area contributed by atoms with Crippen molar-refractivity contribution in [3.05, 3.63) is 48.2 Å². The third-order valence-electron chi connectivity index (χ3n) is 3.73. The van der Waals surface area contributed by atoms with Gasteiger partial charge < -0.3 is 15.0 Å². The number of pyridine rings is 1. The predicted molar refractivity (Wildman–Crippen MR) is 102 cm³/mol. The Morgan fingerprint density at radius 2 is 1.84 bits per heavy atom. The fraction of sp³-hybridized carbons (Fsp3) is 0.400.